The van der Waals surface area contributed by atoms with Crippen molar-refractivity contribution in [3.8, 4) is 0 Å². The Morgan fingerprint density at radius 3 is 2.33 bits per heavy atom. The first-order chi connectivity index (χ1) is 12.8. The number of rotatable bonds is 5. The van der Waals surface area contributed by atoms with Crippen LogP contribution in [0.5, 0.6) is 0 Å². The number of halogens is 1. The van der Waals surface area contributed by atoms with Gasteiger partial charge in [-0.05, 0) is 67.8 Å². The maximum atomic E-state index is 13.3. The number of hydrogen-bond donors (Lipinski definition) is 2. The van der Waals surface area contributed by atoms with Crippen molar-refractivity contribution >= 4 is 21.6 Å². The van der Waals surface area contributed by atoms with Crippen LogP contribution in [0.15, 0.2) is 47.4 Å². The van der Waals surface area contributed by atoms with Crippen molar-refractivity contribution < 1.29 is 17.6 Å². The van der Waals surface area contributed by atoms with E-state index < -0.39 is 15.8 Å². The second-order valence-corrected chi connectivity index (χ2v) is 8.58. The van der Waals surface area contributed by atoms with Gasteiger partial charge in [0.25, 0.3) is 15.9 Å². The van der Waals surface area contributed by atoms with Crippen LogP contribution in [0.4, 0.5) is 10.1 Å². The Morgan fingerprint density at radius 1 is 1.04 bits per heavy atom. The van der Waals surface area contributed by atoms with Gasteiger partial charge in [-0.2, -0.15) is 0 Å². The molecule has 0 radical (unpaired) electrons. The molecule has 2 N–H and O–H groups in total. The van der Waals surface area contributed by atoms with Gasteiger partial charge in [0.1, 0.15) is 5.82 Å². The first-order valence-electron chi connectivity index (χ1n) is 9.05. The topological polar surface area (TPSA) is 75.3 Å². The number of sulfonamides is 1. The fraction of sp³-hybridized carbons (Fsp3) is 0.350. The van der Waals surface area contributed by atoms with Gasteiger partial charge in [0, 0.05) is 17.3 Å². The molecule has 27 heavy (non-hydrogen) atoms. The van der Waals surface area contributed by atoms with Gasteiger partial charge in [0.2, 0.25) is 0 Å². The Hall–Kier alpha value is -2.41. The zero-order valence-electron chi connectivity index (χ0n) is 15.2. The first-order valence-corrected chi connectivity index (χ1v) is 10.5. The summed E-state index contributed by atoms with van der Waals surface area (Å²) < 4.78 is 40.7. The molecule has 0 atom stereocenters. The van der Waals surface area contributed by atoms with E-state index in [1.807, 2.05) is 0 Å². The van der Waals surface area contributed by atoms with E-state index >= 15 is 0 Å². The van der Waals surface area contributed by atoms with Gasteiger partial charge in [-0.1, -0.05) is 19.3 Å². The molecule has 7 heteroatoms. The Bertz CT molecular complexity index is 921. The normalized spacial score (nSPS) is 15.3. The summed E-state index contributed by atoms with van der Waals surface area (Å²) in [5, 5.41) is 3.03. The van der Waals surface area contributed by atoms with Crippen molar-refractivity contribution in [2.24, 2.45) is 0 Å². The lowest BCUT2D eigenvalue weighted by Gasteiger charge is -2.22. The van der Waals surface area contributed by atoms with Crippen LogP contribution in [0.2, 0.25) is 0 Å². The van der Waals surface area contributed by atoms with E-state index in [0.29, 0.717) is 11.3 Å². The average molecular weight is 390 g/mol. The maximum Gasteiger partial charge on any atom is 0.261 e. The fourth-order valence-corrected chi connectivity index (χ4v) is 4.35. The Morgan fingerprint density at radius 2 is 1.70 bits per heavy atom. The van der Waals surface area contributed by atoms with E-state index in [2.05, 4.69) is 10.0 Å². The predicted molar refractivity (Wildman–Crippen MR) is 103 cm³/mol. The van der Waals surface area contributed by atoms with Gasteiger partial charge < -0.3 is 5.32 Å². The van der Waals surface area contributed by atoms with E-state index in [1.165, 1.54) is 25.5 Å². The quantitative estimate of drug-likeness (QED) is 0.810. The number of benzene rings is 2. The lowest BCUT2D eigenvalue weighted by atomic mass is 9.95. The standard InChI is InChI=1S/C20H23FN2O3S/c1-14-13-18(11-12-19(14)21)27(25,26)23-17-9-7-15(8-10-17)20(24)22-16-5-3-2-4-6-16/h7-13,16,23H,2-6H2,1H3,(H,22,24). The predicted octanol–water partition coefficient (Wildman–Crippen LogP) is 4.00. The lowest BCUT2D eigenvalue weighted by molar-refractivity contribution is 0.0927. The molecule has 1 aliphatic carbocycles. The van der Waals surface area contributed by atoms with Crippen LogP contribution in [-0.2, 0) is 10.0 Å². The van der Waals surface area contributed by atoms with Crippen LogP contribution < -0.4 is 10.0 Å². The molecule has 144 valence electrons. The SMILES string of the molecule is Cc1cc(S(=O)(=O)Nc2ccc(C(=O)NC3CCCCC3)cc2)ccc1F. The molecule has 0 spiro atoms. The summed E-state index contributed by atoms with van der Waals surface area (Å²) in [5.41, 5.74) is 1.08. The van der Waals surface area contributed by atoms with Gasteiger partial charge in [-0.25, -0.2) is 12.8 Å². The molecule has 1 fully saturated rings. The number of carbonyl (C=O) groups is 1. The van der Waals surface area contributed by atoms with Crippen LogP contribution in [0.25, 0.3) is 0 Å². The molecule has 0 saturated heterocycles. The molecule has 0 aromatic heterocycles. The maximum absolute atomic E-state index is 13.3. The Labute approximate surface area is 159 Å². The number of amides is 1. The van der Waals surface area contributed by atoms with Crippen molar-refractivity contribution in [1.82, 2.24) is 5.32 Å². The molecule has 2 aromatic carbocycles. The Balaban J connectivity index is 1.67. The molecule has 1 saturated carbocycles. The van der Waals surface area contributed by atoms with Gasteiger partial charge in [0.15, 0.2) is 0 Å². The fourth-order valence-electron chi connectivity index (χ4n) is 3.20. The minimum Gasteiger partial charge on any atom is -0.349 e. The molecule has 0 unspecified atom stereocenters. The number of anilines is 1. The van der Waals surface area contributed by atoms with E-state index in [-0.39, 0.29) is 22.4 Å². The largest absolute Gasteiger partial charge is 0.349 e. The Kier molecular flexibility index (Phi) is 5.79. The summed E-state index contributed by atoms with van der Waals surface area (Å²) in [7, 11) is -3.83. The number of aryl methyl sites for hydroxylation is 1. The highest BCUT2D eigenvalue weighted by molar-refractivity contribution is 7.92. The molecule has 0 bridgehead atoms. The molecular weight excluding hydrogens is 367 g/mol. The smallest absolute Gasteiger partial charge is 0.261 e. The highest BCUT2D eigenvalue weighted by Gasteiger charge is 2.18. The summed E-state index contributed by atoms with van der Waals surface area (Å²) in [6.45, 7) is 1.51. The van der Waals surface area contributed by atoms with Gasteiger partial charge in [-0.15, -0.1) is 0 Å². The van der Waals surface area contributed by atoms with Crippen LogP contribution in [0.3, 0.4) is 0 Å². The number of nitrogens with one attached hydrogen (secondary N) is 2. The molecule has 1 aliphatic rings. The van der Waals surface area contributed by atoms with E-state index in [4.69, 9.17) is 0 Å². The highest BCUT2D eigenvalue weighted by atomic mass is 32.2. The van der Waals surface area contributed by atoms with Gasteiger partial charge >= 0.3 is 0 Å². The third-order valence-corrected chi connectivity index (χ3v) is 6.16. The molecule has 2 aromatic rings. The van der Waals surface area contributed by atoms with Crippen molar-refractivity contribution in [3.63, 3.8) is 0 Å². The third kappa shape index (κ3) is 4.86. The van der Waals surface area contributed by atoms with Crippen molar-refractivity contribution in [3.05, 3.63) is 59.4 Å². The van der Waals surface area contributed by atoms with Crippen LogP contribution in [-0.4, -0.2) is 20.4 Å². The minimum atomic E-state index is -3.83. The summed E-state index contributed by atoms with van der Waals surface area (Å²) in [5.74, 6) is -0.604. The minimum absolute atomic E-state index is 0.0134. The number of carbonyl (C=O) groups excluding carboxylic acids is 1. The van der Waals surface area contributed by atoms with Gasteiger partial charge in [0.05, 0.1) is 4.90 Å². The second kappa shape index (κ2) is 8.08. The second-order valence-electron chi connectivity index (χ2n) is 6.90. The molecule has 1 amide bonds. The van der Waals surface area contributed by atoms with E-state index in [0.717, 1.165) is 31.7 Å². The van der Waals surface area contributed by atoms with Gasteiger partial charge in [-0.3, -0.25) is 9.52 Å². The van der Waals surface area contributed by atoms with Crippen LogP contribution in [0, 0.1) is 12.7 Å². The summed E-state index contributed by atoms with van der Waals surface area (Å²) in [6.07, 6.45) is 5.49. The third-order valence-electron chi connectivity index (χ3n) is 4.78. The first kappa shape index (κ1) is 19.4. The van der Waals surface area contributed by atoms with Crippen molar-refractivity contribution in [1.29, 1.82) is 0 Å². The lowest BCUT2D eigenvalue weighted by Crippen LogP contribution is -2.36. The average Bonchev–Trinajstić information content (AvgIpc) is 2.65. The van der Waals surface area contributed by atoms with Crippen LogP contribution in [0.1, 0.15) is 48.0 Å². The van der Waals surface area contributed by atoms with E-state index in [1.54, 1.807) is 24.3 Å². The molecule has 5 nitrogen and oxygen atoms in total. The van der Waals surface area contributed by atoms with Crippen molar-refractivity contribution in [2.45, 2.75) is 50.0 Å². The molecule has 0 aliphatic heterocycles. The molecule has 3 rings (SSSR count). The highest BCUT2D eigenvalue weighted by Crippen LogP contribution is 2.20. The summed E-state index contributed by atoms with van der Waals surface area (Å²) in [6, 6.07) is 10.1. The zero-order valence-corrected chi connectivity index (χ0v) is 16.0. The van der Waals surface area contributed by atoms with Crippen molar-refractivity contribution in [2.75, 3.05) is 4.72 Å². The monoisotopic (exact) mass is 390 g/mol. The van der Waals surface area contributed by atoms with E-state index in [9.17, 15) is 17.6 Å². The molecule has 0 heterocycles. The summed E-state index contributed by atoms with van der Waals surface area (Å²) >= 11 is 0. The zero-order chi connectivity index (χ0) is 19.4. The van der Waals surface area contributed by atoms with Crippen LogP contribution >= 0.6 is 0 Å². The summed E-state index contributed by atoms with van der Waals surface area (Å²) in [4.78, 5) is 12.3. The number of hydrogen-bond acceptors (Lipinski definition) is 3. The molecular formula is C20H23FN2O3S.